The minimum Gasteiger partial charge on any atom is -0.491 e. The number of hydrogen-bond acceptors (Lipinski definition) is 3. The van der Waals surface area contributed by atoms with Crippen LogP contribution in [0.3, 0.4) is 0 Å². The first-order chi connectivity index (χ1) is 10.1. The Kier molecular flexibility index (Phi) is 5.59. The highest BCUT2D eigenvalue weighted by molar-refractivity contribution is 9.10. The number of anilines is 1. The Morgan fingerprint density at radius 3 is 2.76 bits per heavy atom. The molecule has 0 saturated carbocycles. The highest BCUT2D eigenvalue weighted by Crippen LogP contribution is 2.19. The van der Waals surface area contributed by atoms with Gasteiger partial charge < -0.3 is 15.2 Å². The fraction of sp³-hybridized carbons (Fsp3) is 0.250. The largest absolute Gasteiger partial charge is 0.491 e. The zero-order valence-corrected chi connectivity index (χ0v) is 13.2. The van der Waals surface area contributed by atoms with Crippen LogP contribution in [0.1, 0.15) is 5.56 Å². The van der Waals surface area contributed by atoms with Crippen LogP contribution in [-0.2, 0) is 0 Å². The van der Waals surface area contributed by atoms with Gasteiger partial charge in [0.05, 0.1) is 5.69 Å². The molecule has 2 rings (SSSR count). The van der Waals surface area contributed by atoms with Crippen LogP contribution in [0.25, 0.3) is 0 Å². The van der Waals surface area contributed by atoms with Crippen molar-refractivity contribution in [2.45, 2.75) is 13.0 Å². The van der Waals surface area contributed by atoms with Gasteiger partial charge in [0.2, 0.25) is 0 Å². The number of ether oxygens (including phenoxy) is 1. The maximum Gasteiger partial charge on any atom is 0.147 e. The summed E-state index contributed by atoms with van der Waals surface area (Å²) in [6.45, 7) is 2.30. The van der Waals surface area contributed by atoms with Gasteiger partial charge in [-0.05, 0) is 36.8 Å². The molecule has 0 bridgehead atoms. The Labute approximate surface area is 131 Å². The summed E-state index contributed by atoms with van der Waals surface area (Å²) < 4.78 is 19.8. The Morgan fingerprint density at radius 1 is 1.29 bits per heavy atom. The van der Waals surface area contributed by atoms with Crippen molar-refractivity contribution in [3.63, 3.8) is 0 Å². The van der Waals surface area contributed by atoms with Crippen molar-refractivity contribution in [1.29, 1.82) is 0 Å². The van der Waals surface area contributed by atoms with Crippen LogP contribution >= 0.6 is 15.9 Å². The highest BCUT2D eigenvalue weighted by atomic mass is 79.9. The number of aliphatic hydroxyl groups is 1. The van der Waals surface area contributed by atoms with E-state index in [1.54, 1.807) is 12.1 Å². The maximum atomic E-state index is 13.6. The molecule has 5 heteroatoms. The van der Waals surface area contributed by atoms with Crippen molar-refractivity contribution < 1.29 is 14.2 Å². The standard InChI is InChI=1S/C16H17BrFNO2/c1-11-4-2-3-5-16(11)21-10-13(20)9-19-15-7-6-12(17)8-14(15)18/h2-8,13,19-20H,9-10H2,1H3. The van der Waals surface area contributed by atoms with Gasteiger partial charge in [-0.3, -0.25) is 0 Å². The summed E-state index contributed by atoms with van der Waals surface area (Å²) in [7, 11) is 0. The van der Waals surface area contributed by atoms with E-state index in [1.165, 1.54) is 6.07 Å². The Morgan fingerprint density at radius 2 is 2.05 bits per heavy atom. The lowest BCUT2D eigenvalue weighted by atomic mass is 10.2. The van der Waals surface area contributed by atoms with Gasteiger partial charge in [0.1, 0.15) is 24.3 Å². The minimum atomic E-state index is -0.729. The summed E-state index contributed by atoms with van der Waals surface area (Å²) in [6, 6.07) is 12.3. The first kappa shape index (κ1) is 15.8. The van der Waals surface area contributed by atoms with E-state index in [1.807, 2.05) is 31.2 Å². The van der Waals surface area contributed by atoms with Crippen LogP contribution in [0.2, 0.25) is 0 Å². The molecule has 112 valence electrons. The molecule has 2 aromatic carbocycles. The van der Waals surface area contributed by atoms with Gasteiger partial charge in [-0.2, -0.15) is 0 Å². The van der Waals surface area contributed by atoms with E-state index in [-0.39, 0.29) is 19.0 Å². The lowest BCUT2D eigenvalue weighted by Crippen LogP contribution is -2.26. The van der Waals surface area contributed by atoms with Crippen LogP contribution < -0.4 is 10.1 Å². The van der Waals surface area contributed by atoms with Gasteiger partial charge in [-0.15, -0.1) is 0 Å². The third-order valence-electron chi connectivity index (χ3n) is 2.98. The smallest absolute Gasteiger partial charge is 0.147 e. The number of nitrogens with one attached hydrogen (secondary N) is 1. The van der Waals surface area contributed by atoms with E-state index in [4.69, 9.17) is 4.74 Å². The summed E-state index contributed by atoms with van der Waals surface area (Å²) >= 11 is 3.20. The van der Waals surface area contributed by atoms with Crippen LogP contribution in [0.15, 0.2) is 46.9 Å². The summed E-state index contributed by atoms with van der Waals surface area (Å²) in [5, 5.41) is 12.8. The van der Waals surface area contributed by atoms with E-state index in [2.05, 4.69) is 21.2 Å². The molecule has 2 aromatic rings. The summed E-state index contributed by atoms with van der Waals surface area (Å²) in [6.07, 6.45) is -0.729. The van der Waals surface area contributed by atoms with Crippen molar-refractivity contribution in [1.82, 2.24) is 0 Å². The van der Waals surface area contributed by atoms with Gasteiger partial charge >= 0.3 is 0 Å². The molecule has 21 heavy (non-hydrogen) atoms. The topological polar surface area (TPSA) is 41.5 Å². The van der Waals surface area contributed by atoms with E-state index in [0.29, 0.717) is 10.2 Å². The Hall–Kier alpha value is -1.59. The molecule has 0 spiro atoms. The van der Waals surface area contributed by atoms with Crippen molar-refractivity contribution >= 4 is 21.6 Å². The van der Waals surface area contributed by atoms with E-state index < -0.39 is 6.10 Å². The van der Waals surface area contributed by atoms with E-state index in [0.717, 1.165) is 11.3 Å². The second-order valence-electron chi connectivity index (χ2n) is 4.74. The van der Waals surface area contributed by atoms with Crippen LogP contribution in [-0.4, -0.2) is 24.4 Å². The molecule has 3 nitrogen and oxygen atoms in total. The predicted octanol–water partition coefficient (Wildman–Crippen LogP) is 3.75. The molecule has 0 aliphatic rings. The van der Waals surface area contributed by atoms with Crippen molar-refractivity contribution in [2.75, 3.05) is 18.5 Å². The molecule has 0 amide bonds. The predicted molar refractivity (Wildman–Crippen MR) is 85.3 cm³/mol. The van der Waals surface area contributed by atoms with Gasteiger partial charge in [-0.25, -0.2) is 4.39 Å². The number of hydrogen-bond donors (Lipinski definition) is 2. The molecular weight excluding hydrogens is 337 g/mol. The number of para-hydroxylation sites is 1. The molecule has 1 unspecified atom stereocenters. The summed E-state index contributed by atoms with van der Waals surface area (Å²) in [4.78, 5) is 0. The maximum absolute atomic E-state index is 13.6. The average molecular weight is 354 g/mol. The minimum absolute atomic E-state index is 0.149. The Bertz CT molecular complexity index is 607. The average Bonchev–Trinajstić information content (AvgIpc) is 2.45. The van der Waals surface area contributed by atoms with Crippen LogP contribution in [0, 0.1) is 12.7 Å². The number of rotatable bonds is 6. The van der Waals surface area contributed by atoms with Gasteiger partial charge in [0, 0.05) is 11.0 Å². The van der Waals surface area contributed by atoms with Crippen molar-refractivity contribution in [3.8, 4) is 5.75 Å². The third kappa shape index (κ3) is 4.72. The first-order valence-electron chi connectivity index (χ1n) is 6.61. The molecular formula is C16H17BrFNO2. The quantitative estimate of drug-likeness (QED) is 0.830. The molecule has 0 heterocycles. The normalized spacial score (nSPS) is 12.0. The van der Waals surface area contributed by atoms with Crippen LogP contribution in [0.4, 0.5) is 10.1 Å². The highest BCUT2D eigenvalue weighted by Gasteiger charge is 2.08. The van der Waals surface area contributed by atoms with Crippen molar-refractivity contribution in [2.24, 2.45) is 0 Å². The fourth-order valence-corrected chi connectivity index (χ4v) is 2.16. The molecule has 0 fully saturated rings. The molecule has 0 aromatic heterocycles. The first-order valence-corrected chi connectivity index (χ1v) is 7.41. The Balaban J connectivity index is 1.82. The molecule has 0 radical (unpaired) electrons. The molecule has 0 aliphatic carbocycles. The van der Waals surface area contributed by atoms with E-state index >= 15 is 0 Å². The number of benzene rings is 2. The molecule has 0 saturated heterocycles. The SMILES string of the molecule is Cc1ccccc1OCC(O)CNc1ccc(Br)cc1F. The number of halogens is 2. The zero-order valence-electron chi connectivity index (χ0n) is 11.6. The monoisotopic (exact) mass is 353 g/mol. The lowest BCUT2D eigenvalue weighted by molar-refractivity contribution is 0.117. The van der Waals surface area contributed by atoms with E-state index in [9.17, 15) is 9.50 Å². The van der Waals surface area contributed by atoms with Crippen molar-refractivity contribution in [3.05, 3.63) is 58.3 Å². The third-order valence-corrected chi connectivity index (χ3v) is 3.48. The van der Waals surface area contributed by atoms with Gasteiger partial charge in [-0.1, -0.05) is 34.1 Å². The molecule has 0 aliphatic heterocycles. The number of aryl methyl sites for hydroxylation is 1. The zero-order chi connectivity index (χ0) is 15.2. The second-order valence-corrected chi connectivity index (χ2v) is 5.65. The van der Waals surface area contributed by atoms with Crippen LogP contribution in [0.5, 0.6) is 5.75 Å². The van der Waals surface area contributed by atoms with Gasteiger partial charge in [0.15, 0.2) is 0 Å². The summed E-state index contributed by atoms with van der Waals surface area (Å²) in [5.41, 5.74) is 1.37. The number of aliphatic hydroxyl groups excluding tert-OH is 1. The lowest BCUT2D eigenvalue weighted by Gasteiger charge is -2.15. The fourth-order valence-electron chi connectivity index (χ4n) is 1.82. The second kappa shape index (κ2) is 7.43. The molecule has 1 atom stereocenters. The van der Waals surface area contributed by atoms with Gasteiger partial charge in [0.25, 0.3) is 0 Å². The summed E-state index contributed by atoms with van der Waals surface area (Å²) in [5.74, 6) is 0.378. The molecule has 2 N–H and O–H groups in total.